The molecule has 1 aromatic carbocycles. The van der Waals surface area contributed by atoms with E-state index in [9.17, 15) is 14.7 Å². The van der Waals surface area contributed by atoms with Gasteiger partial charge in [-0.2, -0.15) is 0 Å². The highest BCUT2D eigenvalue weighted by Crippen LogP contribution is 2.59. The number of carbonyl (C=O) groups excluding carboxylic acids is 2. The van der Waals surface area contributed by atoms with Crippen LogP contribution in [0.4, 0.5) is 0 Å². The number of aliphatic hydroxyl groups is 1. The normalized spacial score (nSPS) is 39.8. The van der Waals surface area contributed by atoms with Crippen LogP contribution < -0.4 is 15.0 Å². The van der Waals surface area contributed by atoms with Crippen LogP contribution in [0.1, 0.15) is 32.3 Å². The average Bonchev–Trinajstić information content (AvgIpc) is 3.41. The zero-order chi connectivity index (χ0) is 22.9. The van der Waals surface area contributed by atoms with Crippen molar-refractivity contribution in [2.45, 2.75) is 44.0 Å². The van der Waals surface area contributed by atoms with Crippen molar-refractivity contribution in [3.8, 4) is 11.5 Å². The zero-order valence-electron chi connectivity index (χ0n) is 18.5. The fourth-order valence-electron chi connectivity index (χ4n) is 5.83. The molecule has 1 saturated heterocycles. The van der Waals surface area contributed by atoms with Crippen LogP contribution >= 0.6 is 0 Å². The number of carbonyl (C=O) groups is 2. The molecule has 2 aliphatic heterocycles. The van der Waals surface area contributed by atoms with Crippen LogP contribution in [0, 0.1) is 17.3 Å². The molecule has 0 amide bonds. The molecule has 170 valence electrons. The second-order valence-corrected chi connectivity index (χ2v) is 9.26. The van der Waals surface area contributed by atoms with Gasteiger partial charge in [0.15, 0.2) is 17.3 Å². The molecule has 8 nitrogen and oxygen atoms in total. The largest absolute Gasteiger partial charge is 0.493 e. The Morgan fingerprint density at radius 2 is 1.91 bits per heavy atom. The minimum absolute atomic E-state index is 0.180. The van der Waals surface area contributed by atoms with Gasteiger partial charge < -0.3 is 19.3 Å². The molecule has 0 aromatic heterocycles. The van der Waals surface area contributed by atoms with Gasteiger partial charge in [-0.05, 0) is 62.1 Å². The summed E-state index contributed by atoms with van der Waals surface area (Å²) >= 11 is 0. The molecule has 6 atom stereocenters. The van der Waals surface area contributed by atoms with Gasteiger partial charge >= 0.3 is 5.97 Å². The molecule has 2 heterocycles. The van der Waals surface area contributed by atoms with Gasteiger partial charge in [-0.25, -0.2) is 4.79 Å². The van der Waals surface area contributed by atoms with Gasteiger partial charge in [0.1, 0.15) is 11.7 Å². The number of hydrogen-bond acceptors (Lipinski definition) is 8. The SMILES string of the molecule is COc1ccc(C2=CC3(ON2)C(=O)O[C@@H]2[C@H]3CC[C@H](C)[C@]3(O)C=CC(=O)[C@@]23C)cc1OC. The Kier molecular flexibility index (Phi) is 4.49. The second-order valence-electron chi connectivity index (χ2n) is 9.26. The van der Waals surface area contributed by atoms with E-state index in [0.29, 0.717) is 30.0 Å². The zero-order valence-corrected chi connectivity index (χ0v) is 18.5. The van der Waals surface area contributed by atoms with E-state index in [2.05, 4.69) is 5.48 Å². The smallest absolute Gasteiger partial charge is 0.346 e. The van der Waals surface area contributed by atoms with E-state index >= 15 is 0 Å². The molecule has 2 aliphatic carbocycles. The molecular weight excluding hydrogens is 414 g/mol. The van der Waals surface area contributed by atoms with Crippen LogP contribution in [0.2, 0.25) is 0 Å². The van der Waals surface area contributed by atoms with Crippen molar-refractivity contribution in [1.82, 2.24) is 5.48 Å². The Labute approximate surface area is 186 Å². The van der Waals surface area contributed by atoms with Gasteiger partial charge in [-0.1, -0.05) is 6.92 Å². The molecule has 8 heteroatoms. The minimum atomic E-state index is -1.38. The molecule has 1 aromatic rings. The molecule has 4 aliphatic rings. The molecule has 1 spiro atoms. The first-order chi connectivity index (χ1) is 15.2. The van der Waals surface area contributed by atoms with E-state index in [1.54, 1.807) is 45.4 Å². The highest BCUT2D eigenvalue weighted by Gasteiger charge is 2.72. The molecular formula is C24H27NO7. The second kappa shape index (κ2) is 6.83. The molecule has 2 fully saturated rings. The summed E-state index contributed by atoms with van der Waals surface area (Å²) in [5, 5.41) is 11.5. The lowest BCUT2D eigenvalue weighted by atomic mass is 9.64. The number of allylic oxidation sites excluding steroid dienone is 1. The topological polar surface area (TPSA) is 103 Å². The molecule has 32 heavy (non-hydrogen) atoms. The summed E-state index contributed by atoms with van der Waals surface area (Å²) in [6.45, 7) is 3.62. The van der Waals surface area contributed by atoms with Crippen molar-refractivity contribution in [3.05, 3.63) is 42.0 Å². The predicted octanol–water partition coefficient (Wildman–Crippen LogP) is 2.17. The molecule has 0 bridgehead atoms. The summed E-state index contributed by atoms with van der Waals surface area (Å²) in [4.78, 5) is 32.1. The number of hydrogen-bond donors (Lipinski definition) is 2. The van der Waals surface area contributed by atoms with Crippen LogP contribution in [-0.2, 0) is 19.2 Å². The monoisotopic (exact) mass is 441 g/mol. The third-order valence-electron chi connectivity index (χ3n) is 7.92. The Morgan fingerprint density at radius 1 is 1.16 bits per heavy atom. The van der Waals surface area contributed by atoms with Gasteiger partial charge in [0.05, 0.1) is 25.3 Å². The van der Waals surface area contributed by atoms with Gasteiger partial charge in [0, 0.05) is 11.5 Å². The molecule has 2 N–H and O–H groups in total. The highest BCUT2D eigenvalue weighted by molar-refractivity contribution is 6.01. The molecule has 1 saturated carbocycles. The molecule has 1 unspecified atom stereocenters. The minimum Gasteiger partial charge on any atom is -0.493 e. The van der Waals surface area contributed by atoms with Crippen molar-refractivity contribution < 1.29 is 33.7 Å². The average molecular weight is 441 g/mol. The summed E-state index contributed by atoms with van der Waals surface area (Å²) in [6.07, 6.45) is 5.08. The van der Waals surface area contributed by atoms with Crippen LogP contribution in [0.25, 0.3) is 5.70 Å². The number of benzene rings is 1. The number of hydroxylamine groups is 1. The van der Waals surface area contributed by atoms with Crippen LogP contribution in [0.15, 0.2) is 36.4 Å². The first-order valence-electron chi connectivity index (χ1n) is 10.8. The quantitative estimate of drug-likeness (QED) is 0.688. The van der Waals surface area contributed by atoms with E-state index in [4.69, 9.17) is 19.0 Å². The maximum Gasteiger partial charge on any atom is 0.346 e. The van der Waals surface area contributed by atoms with E-state index in [-0.39, 0.29) is 11.7 Å². The van der Waals surface area contributed by atoms with Crippen molar-refractivity contribution in [1.29, 1.82) is 0 Å². The Bertz CT molecular complexity index is 1060. The first kappa shape index (κ1) is 21.0. The van der Waals surface area contributed by atoms with Gasteiger partial charge in [-0.15, -0.1) is 0 Å². The third kappa shape index (κ3) is 2.45. The van der Waals surface area contributed by atoms with Gasteiger partial charge in [0.25, 0.3) is 0 Å². The number of rotatable bonds is 3. The first-order valence-corrected chi connectivity index (χ1v) is 10.8. The highest BCUT2D eigenvalue weighted by atomic mass is 16.7. The van der Waals surface area contributed by atoms with Crippen molar-refractivity contribution in [2.24, 2.45) is 17.3 Å². The Balaban J connectivity index is 1.56. The number of ether oxygens (including phenoxy) is 3. The number of ketones is 1. The van der Waals surface area contributed by atoms with Crippen molar-refractivity contribution in [3.63, 3.8) is 0 Å². The Morgan fingerprint density at radius 3 is 2.62 bits per heavy atom. The van der Waals surface area contributed by atoms with E-state index in [0.717, 1.165) is 5.56 Å². The van der Waals surface area contributed by atoms with Gasteiger partial charge in [-0.3, -0.25) is 15.1 Å². The third-order valence-corrected chi connectivity index (χ3v) is 7.92. The lowest BCUT2D eigenvalue weighted by Gasteiger charge is -2.43. The fraction of sp³-hybridized carbons (Fsp3) is 0.500. The fourth-order valence-corrected chi connectivity index (χ4v) is 5.83. The summed E-state index contributed by atoms with van der Waals surface area (Å²) in [7, 11) is 3.11. The van der Waals surface area contributed by atoms with E-state index in [1.165, 1.54) is 6.08 Å². The molecule has 0 radical (unpaired) electrons. The number of nitrogens with one attached hydrogen (secondary N) is 1. The van der Waals surface area contributed by atoms with Crippen LogP contribution in [-0.4, -0.2) is 48.4 Å². The number of methoxy groups -OCH3 is 2. The van der Waals surface area contributed by atoms with Crippen molar-refractivity contribution >= 4 is 17.4 Å². The summed E-state index contributed by atoms with van der Waals surface area (Å²) < 4.78 is 16.5. The Hall–Kier alpha value is -2.84. The summed E-state index contributed by atoms with van der Waals surface area (Å²) in [5.74, 6) is -0.283. The van der Waals surface area contributed by atoms with Gasteiger partial charge in [0.2, 0.25) is 5.60 Å². The van der Waals surface area contributed by atoms with Crippen LogP contribution in [0.3, 0.4) is 0 Å². The molecule has 5 rings (SSSR count). The number of esters is 1. The van der Waals surface area contributed by atoms with Crippen LogP contribution in [0.5, 0.6) is 11.5 Å². The maximum absolute atomic E-state index is 13.2. The van der Waals surface area contributed by atoms with E-state index < -0.39 is 34.6 Å². The lowest BCUT2D eigenvalue weighted by molar-refractivity contribution is -0.169. The number of fused-ring (bicyclic) bond motifs is 4. The maximum atomic E-state index is 13.2. The summed E-state index contributed by atoms with van der Waals surface area (Å²) in [5.41, 5.74) is 0.197. The predicted molar refractivity (Wildman–Crippen MR) is 113 cm³/mol. The van der Waals surface area contributed by atoms with Crippen molar-refractivity contribution in [2.75, 3.05) is 14.2 Å². The standard InChI is InChI=1S/C24H27NO7/c1-13-5-7-15-20(22(2)19(26)9-10-24(13,22)28)31-21(27)23(15)12-16(25-32-23)14-6-8-17(29-3)18(11-14)30-4/h6,8-13,15,20,25,28H,5,7H2,1-4H3/t13-,15+,20+,22-,23?,24+/m0/s1. The lowest BCUT2D eigenvalue weighted by Crippen LogP contribution is -2.57. The summed E-state index contributed by atoms with van der Waals surface area (Å²) in [6, 6.07) is 5.40. The van der Waals surface area contributed by atoms with E-state index in [1.807, 2.05) is 13.0 Å².